The first-order valence-corrected chi connectivity index (χ1v) is 12.9. The summed E-state index contributed by atoms with van der Waals surface area (Å²) in [7, 11) is 1.35. The van der Waals surface area contributed by atoms with Crippen molar-refractivity contribution < 1.29 is 19.4 Å². The molecule has 0 spiro atoms. The second kappa shape index (κ2) is 11.1. The molecule has 0 saturated carbocycles. The van der Waals surface area contributed by atoms with E-state index in [1.54, 1.807) is 12.1 Å². The van der Waals surface area contributed by atoms with Crippen LogP contribution in [0.1, 0.15) is 52.0 Å². The summed E-state index contributed by atoms with van der Waals surface area (Å²) in [4.78, 5) is 26.7. The molecule has 1 saturated heterocycles. The van der Waals surface area contributed by atoms with Crippen LogP contribution < -0.4 is 5.32 Å². The minimum Gasteiger partial charge on any atom is -0.465 e. The molecule has 5 rings (SSSR count). The van der Waals surface area contributed by atoms with Crippen molar-refractivity contribution in [3.63, 3.8) is 0 Å². The van der Waals surface area contributed by atoms with Gasteiger partial charge in [0.15, 0.2) is 0 Å². The molecule has 1 aliphatic rings. The zero-order valence-corrected chi connectivity index (χ0v) is 21.6. The van der Waals surface area contributed by atoms with Crippen LogP contribution in [0.5, 0.6) is 0 Å². The number of nitrogens with zero attached hydrogens (tertiary/aromatic N) is 1. The molecule has 6 nitrogen and oxygen atoms in total. The number of methoxy groups -OCH3 is 1. The van der Waals surface area contributed by atoms with Gasteiger partial charge in [-0.25, -0.2) is 9.59 Å². The van der Waals surface area contributed by atoms with Crippen LogP contribution in [0.4, 0.5) is 4.79 Å². The fraction of sp³-hybridized carbons (Fsp3) is 0.250. The lowest BCUT2D eigenvalue weighted by atomic mass is 9.81. The summed E-state index contributed by atoms with van der Waals surface area (Å²) in [5.41, 5.74) is 3.34. The Hall–Kier alpha value is -4.16. The van der Waals surface area contributed by atoms with Crippen LogP contribution in [-0.2, 0) is 4.74 Å². The second-order valence-corrected chi connectivity index (χ2v) is 9.84. The third kappa shape index (κ3) is 4.87. The number of carbonyl (C=O) groups is 2. The number of benzene rings is 4. The molecule has 6 heteroatoms. The minimum absolute atomic E-state index is 0.0351. The van der Waals surface area contributed by atoms with Crippen molar-refractivity contribution in [2.24, 2.45) is 5.92 Å². The number of ether oxygens (including phenoxy) is 1. The summed E-state index contributed by atoms with van der Waals surface area (Å²) >= 11 is 0. The van der Waals surface area contributed by atoms with Crippen LogP contribution >= 0.6 is 0 Å². The summed E-state index contributed by atoms with van der Waals surface area (Å²) < 4.78 is 5.06. The van der Waals surface area contributed by atoms with Crippen LogP contribution in [0.3, 0.4) is 0 Å². The summed E-state index contributed by atoms with van der Waals surface area (Å²) in [6, 6.07) is 31.4. The van der Waals surface area contributed by atoms with E-state index in [4.69, 9.17) is 4.74 Å². The molecular formula is C32H32N2O4. The van der Waals surface area contributed by atoms with Gasteiger partial charge in [0.1, 0.15) is 0 Å². The SMILES string of the molecule is COC(=O)c1ccccc1C1[C@H](CN[C@H](C)c2cccc3ccccc23)[C@@H](c2ccccc2)CN1C(=O)O. The average molecular weight is 509 g/mol. The number of fused-ring (bicyclic) bond motifs is 1. The zero-order valence-electron chi connectivity index (χ0n) is 21.6. The predicted molar refractivity (Wildman–Crippen MR) is 148 cm³/mol. The van der Waals surface area contributed by atoms with Crippen molar-refractivity contribution in [3.8, 4) is 0 Å². The van der Waals surface area contributed by atoms with Gasteiger partial charge >= 0.3 is 12.1 Å². The first-order chi connectivity index (χ1) is 18.5. The summed E-state index contributed by atoms with van der Waals surface area (Å²) in [5.74, 6) is -0.628. The number of hydrogen-bond acceptors (Lipinski definition) is 4. The largest absolute Gasteiger partial charge is 0.465 e. The van der Waals surface area contributed by atoms with E-state index >= 15 is 0 Å². The highest BCUT2D eigenvalue weighted by Gasteiger charge is 2.46. The molecule has 1 aliphatic heterocycles. The van der Waals surface area contributed by atoms with Crippen molar-refractivity contribution in [1.29, 1.82) is 0 Å². The van der Waals surface area contributed by atoms with Crippen LogP contribution in [0, 0.1) is 5.92 Å². The fourth-order valence-electron chi connectivity index (χ4n) is 5.92. The Morgan fingerprint density at radius 1 is 0.947 bits per heavy atom. The lowest BCUT2D eigenvalue weighted by molar-refractivity contribution is 0.0595. The maximum absolute atomic E-state index is 12.7. The van der Waals surface area contributed by atoms with Crippen LogP contribution in [0.2, 0.25) is 0 Å². The monoisotopic (exact) mass is 508 g/mol. The molecule has 0 aromatic heterocycles. The third-order valence-corrected chi connectivity index (χ3v) is 7.76. The summed E-state index contributed by atoms with van der Waals surface area (Å²) in [6.45, 7) is 3.04. The van der Waals surface area contributed by atoms with Crippen molar-refractivity contribution >= 4 is 22.8 Å². The minimum atomic E-state index is -1.000. The Kier molecular flexibility index (Phi) is 7.43. The number of esters is 1. The highest BCUT2D eigenvalue weighted by molar-refractivity contribution is 5.91. The number of rotatable bonds is 7. The standard InChI is InChI=1S/C32H32N2O4/c1-21(24-18-10-14-22-13-6-7-15-25(22)24)33-19-28-29(23-11-4-3-5-12-23)20-34(32(36)37)30(28)26-16-8-9-17-27(26)31(35)38-2/h3-18,21,28-30,33H,19-20H2,1-2H3,(H,36,37)/t21-,28-,29-,30?/m1/s1. The molecule has 194 valence electrons. The average Bonchev–Trinajstić information content (AvgIpc) is 3.35. The van der Waals surface area contributed by atoms with E-state index in [-0.39, 0.29) is 17.9 Å². The molecule has 0 bridgehead atoms. The van der Waals surface area contributed by atoms with E-state index in [0.717, 1.165) is 5.56 Å². The first kappa shape index (κ1) is 25.5. The van der Waals surface area contributed by atoms with Crippen molar-refractivity contribution in [1.82, 2.24) is 10.2 Å². The van der Waals surface area contributed by atoms with E-state index in [1.807, 2.05) is 42.5 Å². The summed E-state index contributed by atoms with van der Waals surface area (Å²) in [6.07, 6.45) is -1.000. The Balaban J connectivity index is 1.54. The van der Waals surface area contributed by atoms with Gasteiger partial charge < -0.3 is 20.1 Å². The molecule has 2 N–H and O–H groups in total. The highest BCUT2D eigenvalue weighted by Crippen LogP contribution is 2.46. The van der Waals surface area contributed by atoms with E-state index in [0.29, 0.717) is 24.2 Å². The van der Waals surface area contributed by atoms with Crippen molar-refractivity contribution in [3.05, 3.63) is 119 Å². The molecule has 1 unspecified atom stereocenters. The lowest BCUT2D eigenvalue weighted by Gasteiger charge is -2.30. The molecule has 4 aromatic rings. The Bertz CT molecular complexity index is 1430. The molecule has 0 radical (unpaired) electrons. The number of likely N-dealkylation sites (tertiary alicyclic amines) is 1. The topological polar surface area (TPSA) is 78.9 Å². The van der Waals surface area contributed by atoms with Gasteiger partial charge in [0.05, 0.1) is 18.7 Å². The van der Waals surface area contributed by atoms with Gasteiger partial charge in [0, 0.05) is 31.0 Å². The van der Waals surface area contributed by atoms with Crippen LogP contribution in [0.25, 0.3) is 10.8 Å². The number of hydrogen-bond donors (Lipinski definition) is 2. The van der Waals surface area contributed by atoms with Crippen molar-refractivity contribution in [2.75, 3.05) is 20.2 Å². The molecule has 38 heavy (non-hydrogen) atoms. The molecule has 1 heterocycles. The molecule has 1 amide bonds. The Labute approximate surface area is 222 Å². The lowest BCUT2D eigenvalue weighted by Crippen LogP contribution is -2.35. The molecule has 0 aliphatic carbocycles. The van der Waals surface area contributed by atoms with E-state index in [1.165, 1.54) is 28.3 Å². The van der Waals surface area contributed by atoms with E-state index in [9.17, 15) is 14.7 Å². The Morgan fingerprint density at radius 3 is 2.39 bits per heavy atom. The van der Waals surface area contributed by atoms with E-state index < -0.39 is 18.1 Å². The molecule has 1 fully saturated rings. The molecule has 4 atom stereocenters. The van der Waals surface area contributed by atoms with Crippen LogP contribution in [-0.4, -0.2) is 42.3 Å². The van der Waals surface area contributed by atoms with Gasteiger partial charge in [-0.3, -0.25) is 0 Å². The third-order valence-electron chi connectivity index (χ3n) is 7.76. The van der Waals surface area contributed by atoms with Gasteiger partial charge in [0.25, 0.3) is 0 Å². The summed E-state index contributed by atoms with van der Waals surface area (Å²) in [5, 5.41) is 16.4. The number of carbonyl (C=O) groups excluding carboxylic acids is 1. The maximum Gasteiger partial charge on any atom is 0.407 e. The zero-order chi connectivity index (χ0) is 26.6. The normalized spacial score (nSPS) is 19.8. The van der Waals surface area contributed by atoms with Gasteiger partial charge in [-0.1, -0.05) is 91.0 Å². The predicted octanol–water partition coefficient (Wildman–Crippen LogP) is 6.41. The van der Waals surface area contributed by atoms with E-state index in [2.05, 4.69) is 54.7 Å². The maximum atomic E-state index is 12.7. The Morgan fingerprint density at radius 2 is 1.63 bits per heavy atom. The second-order valence-electron chi connectivity index (χ2n) is 9.84. The van der Waals surface area contributed by atoms with Gasteiger partial charge in [0.2, 0.25) is 0 Å². The van der Waals surface area contributed by atoms with Crippen molar-refractivity contribution in [2.45, 2.75) is 24.9 Å². The number of nitrogens with one attached hydrogen (secondary N) is 1. The number of carboxylic acid groups (broad SMARTS) is 1. The highest BCUT2D eigenvalue weighted by atomic mass is 16.5. The molecular weight excluding hydrogens is 476 g/mol. The van der Waals surface area contributed by atoms with Crippen LogP contribution in [0.15, 0.2) is 97.1 Å². The molecule has 4 aromatic carbocycles. The van der Waals surface area contributed by atoms with Gasteiger partial charge in [-0.05, 0) is 40.5 Å². The van der Waals surface area contributed by atoms with Gasteiger partial charge in [-0.2, -0.15) is 0 Å². The quantitative estimate of drug-likeness (QED) is 0.282. The fourth-order valence-corrected chi connectivity index (χ4v) is 5.92. The van der Waals surface area contributed by atoms with Gasteiger partial charge in [-0.15, -0.1) is 0 Å². The first-order valence-electron chi connectivity index (χ1n) is 12.9. The smallest absolute Gasteiger partial charge is 0.407 e. The number of amides is 1.